The maximum Gasteiger partial charge on any atom is 0.244 e. The van der Waals surface area contributed by atoms with Crippen molar-refractivity contribution in [2.75, 3.05) is 13.1 Å². The summed E-state index contributed by atoms with van der Waals surface area (Å²) in [5, 5.41) is 0. The minimum Gasteiger partial charge on any atom is -0.373 e. The summed E-state index contributed by atoms with van der Waals surface area (Å²) in [4.78, 5) is 0.313. The van der Waals surface area contributed by atoms with Gasteiger partial charge in [0, 0.05) is 31.0 Å². The number of rotatable bonds is 4. The summed E-state index contributed by atoms with van der Waals surface area (Å²) >= 11 is 5.92. The van der Waals surface area contributed by atoms with Crippen molar-refractivity contribution in [3.05, 3.63) is 18.0 Å². The standard InChI is InChI=1S/C14H23ClN2O3S/c1-10(2)17-9-14(5-13(17)6-15)21(18,19)16-7-11(3)20-12(4)8-16/h5,9-12H,6-8H2,1-4H3/t11-,12+. The van der Waals surface area contributed by atoms with E-state index in [9.17, 15) is 8.42 Å². The summed E-state index contributed by atoms with van der Waals surface area (Å²) in [6.07, 6.45) is 1.49. The van der Waals surface area contributed by atoms with Crippen molar-refractivity contribution in [2.24, 2.45) is 0 Å². The fourth-order valence-corrected chi connectivity index (χ4v) is 4.56. The van der Waals surface area contributed by atoms with Crippen LogP contribution >= 0.6 is 11.6 Å². The normalized spacial score (nSPS) is 24.7. The molecule has 120 valence electrons. The van der Waals surface area contributed by atoms with Crippen LogP contribution in [0.25, 0.3) is 0 Å². The predicted molar refractivity (Wildman–Crippen MR) is 83.1 cm³/mol. The van der Waals surface area contributed by atoms with Crippen LogP contribution in [0.5, 0.6) is 0 Å². The number of nitrogens with zero attached hydrogens (tertiary/aromatic N) is 2. The quantitative estimate of drug-likeness (QED) is 0.795. The van der Waals surface area contributed by atoms with Crippen LogP contribution in [-0.2, 0) is 20.6 Å². The number of aromatic nitrogens is 1. The van der Waals surface area contributed by atoms with E-state index in [2.05, 4.69) is 0 Å². The fraction of sp³-hybridized carbons (Fsp3) is 0.714. The van der Waals surface area contributed by atoms with Crippen LogP contribution in [0.2, 0.25) is 0 Å². The first-order chi connectivity index (χ1) is 9.75. The molecule has 5 nitrogen and oxygen atoms in total. The van der Waals surface area contributed by atoms with E-state index < -0.39 is 10.0 Å². The highest BCUT2D eigenvalue weighted by atomic mass is 35.5. The topological polar surface area (TPSA) is 51.5 Å². The van der Waals surface area contributed by atoms with Gasteiger partial charge in [-0.3, -0.25) is 0 Å². The number of halogens is 1. The van der Waals surface area contributed by atoms with Gasteiger partial charge in [-0.15, -0.1) is 11.6 Å². The van der Waals surface area contributed by atoms with Crippen molar-refractivity contribution in [1.82, 2.24) is 8.87 Å². The Bertz CT molecular complexity index is 587. The van der Waals surface area contributed by atoms with Gasteiger partial charge in [0.2, 0.25) is 10.0 Å². The van der Waals surface area contributed by atoms with Gasteiger partial charge in [-0.2, -0.15) is 4.31 Å². The second-order valence-electron chi connectivity index (χ2n) is 5.88. The van der Waals surface area contributed by atoms with Crippen LogP contribution in [0.4, 0.5) is 0 Å². The molecule has 0 aliphatic carbocycles. The van der Waals surface area contributed by atoms with E-state index in [0.29, 0.717) is 23.9 Å². The molecule has 1 aliphatic rings. The summed E-state index contributed by atoms with van der Waals surface area (Å²) < 4.78 is 34.6. The highest BCUT2D eigenvalue weighted by Gasteiger charge is 2.33. The molecule has 0 bridgehead atoms. The van der Waals surface area contributed by atoms with E-state index in [1.165, 1.54) is 4.31 Å². The number of alkyl halides is 1. The summed E-state index contributed by atoms with van der Waals surface area (Å²) in [5.41, 5.74) is 0.819. The van der Waals surface area contributed by atoms with Crippen LogP contribution in [0.1, 0.15) is 39.4 Å². The predicted octanol–water partition coefficient (Wildman–Crippen LogP) is 2.61. The zero-order valence-corrected chi connectivity index (χ0v) is 14.5. The molecule has 1 aliphatic heterocycles. The van der Waals surface area contributed by atoms with Crippen LogP contribution < -0.4 is 0 Å². The van der Waals surface area contributed by atoms with Gasteiger partial charge >= 0.3 is 0 Å². The average Bonchev–Trinajstić information content (AvgIpc) is 2.82. The van der Waals surface area contributed by atoms with Crippen LogP contribution in [0, 0.1) is 0 Å². The Labute approximate surface area is 131 Å². The van der Waals surface area contributed by atoms with Gasteiger partial charge in [0.1, 0.15) is 4.90 Å². The molecule has 1 aromatic heterocycles. The van der Waals surface area contributed by atoms with Gasteiger partial charge in [0.25, 0.3) is 0 Å². The molecule has 1 saturated heterocycles. The van der Waals surface area contributed by atoms with Crippen molar-refractivity contribution in [3.63, 3.8) is 0 Å². The van der Waals surface area contributed by atoms with Crippen LogP contribution in [0.15, 0.2) is 17.2 Å². The molecular weight excluding hydrogens is 312 g/mol. The van der Waals surface area contributed by atoms with E-state index in [1.807, 2.05) is 32.3 Å². The van der Waals surface area contributed by atoms with E-state index in [1.54, 1.807) is 12.3 Å². The molecule has 7 heteroatoms. The van der Waals surface area contributed by atoms with Crippen molar-refractivity contribution >= 4 is 21.6 Å². The second kappa shape index (κ2) is 6.28. The minimum atomic E-state index is -3.50. The lowest BCUT2D eigenvalue weighted by Gasteiger charge is -2.34. The Hall–Kier alpha value is -0.560. The fourth-order valence-electron chi connectivity index (χ4n) is 2.70. The third kappa shape index (κ3) is 3.44. The summed E-state index contributed by atoms with van der Waals surface area (Å²) in [5.74, 6) is 0.295. The summed E-state index contributed by atoms with van der Waals surface area (Å²) in [7, 11) is -3.50. The third-order valence-corrected chi connectivity index (χ3v) is 5.69. The zero-order valence-electron chi connectivity index (χ0n) is 12.9. The van der Waals surface area contributed by atoms with E-state index in [4.69, 9.17) is 16.3 Å². The van der Waals surface area contributed by atoms with Crippen LogP contribution in [-0.4, -0.2) is 42.6 Å². The first-order valence-corrected chi connectivity index (χ1v) is 9.15. The summed E-state index contributed by atoms with van der Waals surface area (Å²) in [6, 6.07) is 1.85. The first kappa shape index (κ1) is 16.8. The van der Waals surface area contributed by atoms with E-state index in [-0.39, 0.29) is 18.2 Å². The van der Waals surface area contributed by atoms with Gasteiger partial charge in [-0.05, 0) is 33.8 Å². The molecule has 1 fully saturated rings. The Morgan fingerprint density at radius 1 is 1.33 bits per heavy atom. The SMILES string of the molecule is CC(C)n1cc(S(=O)(=O)N2C[C@@H](C)O[C@@H](C)C2)cc1CCl. The molecule has 0 amide bonds. The van der Waals surface area contributed by atoms with E-state index in [0.717, 1.165) is 5.69 Å². The van der Waals surface area contributed by atoms with Gasteiger partial charge in [0.15, 0.2) is 0 Å². The molecular formula is C14H23ClN2O3S. The summed E-state index contributed by atoms with van der Waals surface area (Å²) in [6.45, 7) is 8.56. The van der Waals surface area contributed by atoms with Crippen molar-refractivity contribution in [3.8, 4) is 0 Å². The molecule has 0 radical (unpaired) electrons. The number of morpholine rings is 1. The molecule has 0 spiro atoms. The van der Waals surface area contributed by atoms with Gasteiger partial charge in [-0.1, -0.05) is 0 Å². The zero-order chi connectivity index (χ0) is 15.8. The molecule has 0 aromatic carbocycles. The number of hydrogen-bond donors (Lipinski definition) is 0. The smallest absolute Gasteiger partial charge is 0.244 e. The highest BCUT2D eigenvalue weighted by molar-refractivity contribution is 7.89. The molecule has 0 N–H and O–H groups in total. The second-order valence-corrected chi connectivity index (χ2v) is 8.09. The molecule has 2 atom stereocenters. The lowest BCUT2D eigenvalue weighted by Crippen LogP contribution is -2.48. The monoisotopic (exact) mass is 334 g/mol. The largest absolute Gasteiger partial charge is 0.373 e. The van der Waals surface area contributed by atoms with Crippen molar-refractivity contribution < 1.29 is 13.2 Å². The number of ether oxygens (including phenoxy) is 1. The van der Waals surface area contributed by atoms with Gasteiger partial charge in [-0.25, -0.2) is 8.42 Å². The lowest BCUT2D eigenvalue weighted by atomic mass is 10.3. The van der Waals surface area contributed by atoms with Crippen molar-refractivity contribution in [1.29, 1.82) is 0 Å². The molecule has 2 rings (SSSR count). The van der Waals surface area contributed by atoms with Crippen molar-refractivity contribution in [2.45, 2.75) is 56.7 Å². The Morgan fingerprint density at radius 2 is 1.90 bits per heavy atom. The lowest BCUT2D eigenvalue weighted by molar-refractivity contribution is -0.0440. The third-order valence-electron chi connectivity index (χ3n) is 3.62. The minimum absolute atomic E-state index is 0.0943. The number of sulfonamides is 1. The maximum absolute atomic E-state index is 12.8. The molecule has 21 heavy (non-hydrogen) atoms. The van der Waals surface area contributed by atoms with E-state index >= 15 is 0 Å². The maximum atomic E-state index is 12.8. The Balaban J connectivity index is 2.35. The Morgan fingerprint density at radius 3 is 2.33 bits per heavy atom. The Kier molecular flexibility index (Phi) is 5.03. The molecule has 2 heterocycles. The van der Waals surface area contributed by atoms with Crippen LogP contribution in [0.3, 0.4) is 0 Å². The highest BCUT2D eigenvalue weighted by Crippen LogP contribution is 2.25. The molecule has 0 saturated carbocycles. The average molecular weight is 335 g/mol. The molecule has 0 unspecified atom stereocenters. The first-order valence-electron chi connectivity index (χ1n) is 7.18. The van der Waals surface area contributed by atoms with Gasteiger partial charge < -0.3 is 9.30 Å². The molecule has 1 aromatic rings. The van der Waals surface area contributed by atoms with Gasteiger partial charge in [0.05, 0.1) is 18.1 Å². The number of hydrogen-bond acceptors (Lipinski definition) is 3.